The molecule has 1 N–H and O–H groups in total. The summed E-state index contributed by atoms with van der Waals surface area (Å²) >= 11 is 3.20. The van der Waals surface area contributed by atoms with Crippen molar-refractivity contribution in [2.24, 2.45) is 0 Å². The molecule has 3 nitrogen and oxygen atoms in total. The number of para-hydroxylation sites is 1. The van der Waals surface area contributed by atoms with Crippen molar-refractivity contribution in [3.8, 4) is 0 Å². The van der Waals surface area contributed by atoms with Crippen molar-refractivity contribution in [2.45, 2.75) is 0 Å². The van der Waals surface area contributed by atoms with Gasteiger partial charge in [-0.25, -0.2) is 0 Å². The zero-order valence-corrected chi connectivity index (χ0v) is 10.7. The van der Waals surface area contributed by atoms with Crippen LogP contribution in [0, 0.1) is 0 Å². The molecule has 0 saturated carbocycles. The summed E-state index contributed by atoms with van der Waals surface area (Å²) in [5.74, 6) is -0.121. The quantitative estimate of drug-likeness (QED) is 0.944. The maximum absolute atomic E-state index is 12.0. The van der Waals surface area contributed by atoms with Gasteiger partial charge < -0.3 is 5.32 Å². The Morgan fingerprint density at radius 2 is 2.12 bits per heavy atom. The minimum absolute atomic E-state index is 0.121. The standard InChI is InChI=1S/C13H11BrN2O/c1-9(14)8-16-13(17)11-6-7-15-12-5-3-2-4-10(11)12/h2-7H,1,8H2,(H,16,17). The van der Waals surface area contributed by atoms with Gasteiger partial charge in [0.1, 0.15) is 0 Å². The highest BCUT2D eigenvalue weighted by Gasteiger charge is 2.09. The van der Waals surface area contributed by atoms with Gasteiger partial charge in [0, 0.05) is 22.6 Å². The second kappa shape index (κ2) is 5.10. The molecule has 0 unspecified atom stereocenters. The summed E-state index contributed by atoms with van der Waals surface area (Å²) in [7, 11) is 0. The first kappa shape index (κ1) is 11.8. The molecule has 0 spiro atoms. The van der Waals surface area contributed by atoms with Crippen molar-refractivity contribution in [3.63, 3.8) is 0 Å². The third kappa shape index (κ3) is 2.71. The van der Waals surface area contributed by atoms with Crippen molar-refractivity contribution >= 4 is 32.7 Å². The van der Waals surface area contributed by atoms with E-state index in [0.717, 1.165) is 15.4 Å². The van der Waals surface area contributed by atoms with E-state index in [0.29, 0.717) is 12.1 Å². The Hall–Kier alpha value is -1.68. The fraction of sp³-hybridized carbons (Fsp3) is 0.0769. The predicted molar refractivity (Wildman–Crippen MR) is 72.1 cm³/mol. The number of hydrogen-bond acceptors (Lipinski definition) is 2. The summed E-state index contributed by atoms with van der Waals surface area (Å²) in [4.78, 5) is 16.2. The maximum atomic E-state index is 12.0. The van der Waals surface area contributed by atoms with E-state index in [-0.39, 0.29) is 5.91 Å². The van der Waals surface area contributed by atoms with E-state index >= 15 is 0 Å². The van der Waals surface area contributed by atoms with Crippen molar-refractivity contribution in [1.82, 2.24) is 10.3 Å². The van der Waals surface area contributed by atoms with Gasteiger partial charge in [0.2, 0.25) is 0 Å². The number of pyridine rings is 1. The lowest BCUT2D eigenvalue weighted by atomic mass is 10.1. The highest BCUT2D eigenvalue weighted by molar-refractivity contribution is 9.11. The molecule has 0 fully saturated rings. The smallest absolute Gasteiger partial charge is 0.252 e. The molecule has 86 valence electrons. The van der Waals surface area contributed by atoms with Crippen LogP contribution >= 0.6 is 15.9 Å². The van der Waals surface area contributed by atoms with Crippen LogP contribution in [0.3, 0.4) is 0 Å². The first-order chi connectivity index (χ1) is 8.18. The molecule has 0 saturated heterocycles. The van der Waals surface area contributed by atoms with Crippen molar-refractivity contribution in [2.75, 3.05) is 6.54 Å². The van der Waals surface area contributed by atoms with Crippen LogP contribution in [0.4, 0.5) is 0 Å². The topological polar surface area (TPSA) is 42.0 Å². The molecule has 2 rings (SSSR count). The molecular formula is C13H11BrN2O. The Labute approximate surface area is 108 Å². The Balaban J connectivity index is 2.35. The van der Waals surface area contributed by atoms with Gasteiger partial charge in [-0.3, -0.25) is 9.78 Å². The number of nitrogens with one attached hydrogen (secondary N) is 1. The third-order valence-electron chi connectivity index (χ3n) is 2.33. The van der Waals surface area contributed by atoms with E-state index < -0.39 is 0 Å². The molecule has 1 aromatic carbocycles. The molecule has 1 heterocycles. The second-order valence-corrected chi connectivity index (χ2v) is 4.70. The third-order valence-corrected chi connectivity index (χ3v) is 2.61. The minimum Gasteiger partial charge on any atom is -0.347 e. The number of benzene rings is 1. The van der Waals surface area contributed by atoms with E-state index in [1.165, 1.54) is 0 Å². The van der Waals surface area contributed by atoms with Crippen molar-refractivity contribution in [3.05, 3.63) is 53.2 Å². The van der Waals surface area contributed by atoms with E-state index in [1.807, 2.05) is 24.3 Å². The molecule has 0 aliphatic carbocycles. The van der Waals surface area contributed by atoms with Crippen LogP contribution in [0.15, 0.2) is 47.6 Å². The first-order valence-corrected chi connectivity index (χ1v) is 5.93. The Kier molecular flexibility index (Phi) is 3.54. The van der Waals surface area contributed by atoms with Gasteiger partial charge in [0.15, 0.2) is 0 Å². The molecule has 0 aliphatic heterocycles. The van der Waals surface area contributed by atoms with E-state index in [2.05, 4.69) is 32.8 Å². The summed E-state index contributed by atoms with van der Waals surface area (Å²) in [5.41, 5.74) is 1.45. The van der Waals surface area contributed by atoms with Crippen LogP contribution in [-0.4, -0.2) is 17.4 Å². The average Bonchev–Trinajstić information content (AvgIpc) is 2.35. The number of carbonyl (C=O) groups excluding carboxylic acids is 1. The summed E-state index contributed by atoms with van der Waals surface area (Å²) in [6.45, 7) is 4.08. The van der Waals surface area contributed by atoms with Gasteiger partial charge in [-0.1, -0.05) is 40.7 Å². The summed E-state index contributed by atoms with van der Waals surface area (Å²) in [5, 5.41) is 3.63. The lowest BCUT2D eigenvalue weighted by Crippen LogP contribution is -2.24. The predicted octanol–water partition coefficient (Wildman–Crippen LogP) is 2.87. The molecule has 0 radical (unpaired) electrons. The molecular weight excluding hydrogens is 280 g/mol. The molecule has 0 bridgehead atoms. The number of rotatable bonds is 3. The Morgan fingerprint density at radius 3 is 2.88 bits per heavy atom. The number of aromatic nitrogens is 1. The second-order valence-electron chi connectivity index (χ2n) is 3.58. The van der Waals surface area contributed by atoms with Crippen molar-refractivity contribution in [1.29, 1.82) is 0 Å². The Bertz CT molecular complexity index is 575. The van der Waals surface area contributed by atoms with E-state index in [9.17, 15) is 4.79 Å². The van der Waals surface area contributed by atoms with Gasteiger partial charge in [0.05, 0.1) is 11.1 Å². The number of hydrogen-bond donors (Lipinski definition) is 1. The number of fused-ring (bicyclic) bond motifs is 1. The van der Waals surface area contributed by atoms with Gasteiger partial charge in [0.25, 0.3) is 5.91 Å². The summed E-state index contributed by atoms with van der Waals surface area (Å²) < 4.78 is 0.740. The Morgan fingerprint density at radius 1 is 1.35 bits per heavy atom. The molecule has 2 aromatic rings. The summed E-state index contributed by atoms with van der Waals surface area (Å²) in [6.07, 6.45) is 1.64. The molecule has 0 atom stereocenters. The monoisotopic (exact) mass is 290 g/mol. The largest absolute Gasteiger partial charge is 0.347 e. The highest BCUT2D eigenvalue weighted by Crippen LogP contribution is 2.15. The van der Waals surface area contributed by atoms with Gasteiger partial charge in [-0.05, 0) is 12.1 Å². The lowest BCUT2D eigenvalue weighted by molar-refractivity contribution is 0.0959. The molecule has 1 aromatic heterocycles. The first-order valence-electron chi connectivity index (χ1n) is 5.13. The van der Waals surface area contributed by atoms with Crippen LogP contribution in [0.25, 0.3) is 10.9 Å². The number of carbonyl (C=O) groups is 1. The highest BCUT2D eigenvalue weighted by atomic mass is 79.9. The number of halogens is 1. The van der Waals surface area contributed by atoms with E-state index in [1.54, 1.807) is 12.3 Å². The molecule has 0 aliphatic rings. The fourth-order valence-corrected chi connectivity index (χ4v) is 1.71. The lowest BCUT2D eigenvalue weighted by Gasteiger charge is -2.06. The van der Waals surface area contributed by atoms with Crippen molar-refractivity contribution < 1.29 is 4.79 Å². The zero-order chi connectivity index (χ0) is 12.3. The van der Waals surface area contributed by atoms with Crippen LogP contribution in [-0.2, 0) is 0 Å². The number of nitrogens with zero attached hydrogens (tertiary/aromatic N) is 1. The average molecular weight is 291 g/mol. The molecule has 17 heavy (non-hydrogen) atoms. The molecule has 4 heteroatoms. The SMILES string of the molecule is C=C(Br)CNC(=O)c1ccnc2ccccc12. The van der Waals surface area contributed by atoms with Crippen LogP contribution in [0.1, 0.15) is 10.4 Å². The van der Waals surface area contributed by atoms with Gasteiger partial charge >= 0.3 is 0 Å². The zero-order valence-electron chi connectivity index (χ0n) is 9.11. The minimum atomic E-state index is -0.121. The van der Waals surface area contributed by atoms with E-state index in [4.69, 9.17) is 0 Å². The van der Waals surface area contributed by atoms with Crippen LogP contribution in [0.2, 0.25) is 0 Å². The normalized spacial score (nSPS) is 10.2. The van der Waals surface area contributed by atoms with Crippen LogP contribution < -0.4 is 5.32 Å². The maximum Gasteiger partial charge on any atom is 0.252 e. The van der Waals surface area contributed by atoms with Gasteiger partial charge in [-0.15, -0.1) is 0 Å². The van der Waals surface area contributed by atoms with Gasteiger partial charge in [-0.2, -0.15) is 0 Å². The van der Waals surface area contributed by atoms with Crippen LogP contribution in [0.5, 0.6) is 0 Å². The number of amides is 1. The fourth-order valence-electron chi connectivity index (χ4n) is 1.57. The molecule has 1 amide bonds. The summed E-state index contributed by atoms with van der Waals surface area (Å²) in [6, 6.07) is 9.28.